The van der Waals surface area contributed by atoms with Gasteiger partial charge in [-0.25, -0.2) is 14.6 Å². The number of benzene rings is 1. The lowest BCUT2D eigenvalue weighted by molar-refractivity contribution is -0.188. The van der Waals surface area contributed by atoms with Crippen LogP contribution in [0.15, 0.2) is 66.0 Å². The number of hydrogen-bond donors (Lipinski definition) is 1. The number of rotatable bonds is 5. The first kappa shape index (κ1) is 18.0. The molecule has 29 heavy (non-hydrogen) atoms. The first-order chi connectivity index (χ1) is 14.4. The summed E-state index contributed by atoms with van der Waals surface area (Å²) in [4.78, 5) is 11.2. The van der Waals surface area contributed by atoms with E-state index in [1.165, 1.54) is 0 Å². The van der Waals surface area contributed by atoms with Gasteiger partial charge in [0.1, 0.15) is 5.82 Å². The molecule has 8 heteroatoms. The van der Waals surface area contributed by atoms with Gasteiger partial charge in [0.15, 0.2) is 0 Å². The standard InChI is InChI=1S/C21H22N6O2/c1-2-6-18(7-3-1)27-20-19(14-25-27)21(24-16-23-20,26-9-11-28-12-10-26)29-15-17-5-4-8-22-13-17/h1-8,13-14,16H,9-12,15H2,(H,23,24). The molecular weight excluding hydrogens is 368 g/mol. The maximum atomic E-state index is 6.51. The minimum absolute atomic E-state index is 0.387. The Morgan fingerprint density at radius 1 is 1.07 bits per heavy atom. The van der Waals surface area contributed by atoms with E-state index in [4.69, 9.17) is 14.5 Å². The van der Waals surface area contributed by atoms with Gasteiger partial charge in [0, 0.05) is 25.5 Å². The predicted octanol–water partition coefficient (Wildman–Crippen LogP) is 2.38. The largest absolute Gasteiger partial charge is 0.379 e. The molecule has 4 heterocycles. The van der Waals surface area contributed by atoms with E-state index in [1.807, 2.05) is 59.5 Å². The van der Waals surface area contributed by atoms with Gasteiger partial charge in [0.2, 0.25) is 0 Å². The highest BCUT2D eigenvalue weighted by Crippen LogP contribution is 2.40. The number of nitrogens with one attached hydrogen (secondary N) is 1. The maximum Gasteiger partial charge on any atom is 0.252 e. The zero-order valence-corrected chi connectivity index (χ0v) is 15.9. The molecule has 2 aromatic heterocycles. The molecule has 1 saturated heterocycles. The van der Waals surface area contributed by atoms with Gasteiger partial charge in [-0.2, -0.15) is 5.10 Å². The predicted molar refractivity (Wildman–Crippen MR) is 109 cm³/mol. The highest BCUT2D eigenvalue weighted by Gasteiger charge is 2.45. The molecule has 2 aliphatic heterocycles. The maximum absolute atomic E-state index is 6.51. The van der Waals surface area contributed by atoms with E-state index in [0.717, 1.165) is 35.7 Å². The van der Waals surface area contributed by atoms with Crippen LogP contribution in [0.4, 0.5) is 5.82 Å². The van der Waals surface area contributed by atoms with Crippen molar-refractivity contribution in [2.24, 2.45) is 4.99 Å². The SMILES string of the molecule is C1=NC(OCc2cccnc2)(N2CCOCC2)c2cnn(-c3ccccc3)c2N1. The number of nitrogens with zero attached hydrogens (tertiary/aromatic N) is 5. The van der Waals surface area contributed by atoms with Crippen molar-refractivity contribution in [3.8, 4) is 5.69 Å². The third-order valence-electron chi connectivity index (χ3n) is 5.16. The first-order valence-electron chi connectivity index (χ1n) is 9.67. The Morgan fingerprint density at radius 2 is 1.93 bits per heavy atom. The molecule has 0 amide bonds. The van der Waals surface area contributed by atoms with Crippen molar-refractivity contribution >= 4 is 12.2 Å². The number of hydrogen-bond acceptors (Lipinski definition) is 7. The average Bonchev–Trinajstić information content (AvgIpc) is 3.25. The Labute approximate surface area is 168 Å². The molecular formula is C21H22N6O2. The normalized spacial score (nSPS) is 21.5. The third-order valence-corrected chi connectivity index (χ3v) is 5.16. The lowest BCUT2D eigenvalue weighted by Crippen LogP contribution is -2.53. The average molecular weight is 390 g/mol. The van der Waals surface area contributed by atoms with Crippen molar-refractivity contribution in [1.82, 2.24) is 19.7 Å². The second-order valence-electron chi connectivity index (χ2n) is 6.91. The minimum Gasteiger partial charge on any atom is -0.379 e. The molecule has 1 aromatic carbocycles. The molecule has 1 unspecified atom stereocenters. The van der Waals surface area contributed by atoms with Crippen LogP contribution in [0.25, 0.3) is 5.69 Å². The molecule has 3 aromatic rings. The van der Waals surface area contributed by atoms with Gasteiger partial charge in [-0.05, 0) is 23.8 Å². The molecule has 148 valence electrons. The lowest BCUT2D eigenvalue weighted by atomic mass is 10.1. The lowest BCUT2D eigenvalue weighted by Gasteiger charge is -2.43. The van der Waals surface area contributed by atoms with E-state index in [-0.39, 0.29) is 0 Å². The highest BCUT2D eigenvalue weighted by atomic mass is 16.5. The number of morpholine rings is 1. The molecule has 2 aliphatic rings. The van der Waals surface area contributed by atoms with Crippen molar-refractivity contribution in [3.63, 3.8) is 0 Å². The van der Waals surface area contributed by atoms with Crippen LogP contribution < -0.4 is 5.32 Å². The van der Waals surface area contributed by atoms with Gasteiger partial charge in [-0.1, -0.05) is 24.3 Å². The fraction of sp³-hybridized carbons (Fsp3) is 0.286. The smallest absolute Gasteiger partial charge is 0.252 e. The minimum atomic E-state index is -0.965. The van der Waals surface area contributed by atoms with Crippen LogP contribution >= 0.6 is 0 Å². The Bertz CT molecular complexity index is 985. The van der Waals surface area contributed by atoms with E-state index in [2.05, 4.69) is 20.3 Å². The summed E-state index contributed by atoms with van der Waals surface area (Å²) in [6.45, 7) is 3.12. The Balaban J connectivity index is 1.55. The van der Waals surface area contributed by atoms with Crippen molar-refractivity contribution in [2.45, 2.75) is 12.5 Å². The summed E-state index contributed by atoms with van der Waals surface area (Å²) < 4.78 is 14.0. The van der Waals surface area contributed by atoms with E-state index < -0.39 is 5.85 Å². The number of fused-ring (bicyclic) bond motifs is 1. The number of anilines is 1. The number of aromatic nitrogens is 3. The number of aliphatic imine (C=N–C) groups is 1. The van der Waals surface area contributed by atoms with Crippen LogP contribution in [0.2, 0.25) is 0 Å². The summed E-state index contributed by atoms with van der Waals surface area (Å²) in [5.74, 6) is -0.114. The van der Waals surface area contributed by atoms with Crippen LogP contribution in [0.1, 0.15) is 11.1 Å². The molecule has 0 spiro atoms. The van der Waals surface area contributed by atoms with Crippen molar-refractivity contribution in [2.75, 3.05) is 31.6 Å². The van der Waals surface area contributed by atoms with E-state index >= 15 is 0 Å². The summed E-state index contributed by atoms with van der Waals surface area (Å²) >= 11 is 0. The number of ether oxygens (including phenoxy) is 2. The molecule has 0 saturated carbocycles. The van der Waals surface area contributed by atoms with Crippen molar-refractivity contribution < 1.29 is 9.47 Å². The van der Waals surface area contributed by atoms with Crippen LogP contribution in [0.3, 0.4) is 0 Å². The zero-order chi connectivity index (χ0) is 19.5. The van der Waals surface area contributed by atoms with E-state index in [1.54, 1.807) is 12.5 Å². The van der Waals surface area contributed by atoms with E-state index in [0.29, 0.717) is 19.8 Å². The van der Waals surface area contributed by atoms with Crippen LogP contribution in [0, 0.1) is 0 Å². The number of para-hydroxylation sites is 1. The first-order valence-corrected chi connectivity index (χ1v) is 9.67. The van der Waals surface area contributed by atoms with Crippen molar-refractivity contribution in [1.29, 1.82) is 0 Å². The van der Waals surface area contributed by atoms with Gasteiger partial charge in [-0.3, -0.25) is 4.98 Å². The Hall–Kier alpha value is -3.07. The van der Waals surface area contributed by atoms with Crippen LogP contribution in [0.5, 0.6) is 0 Å². The summed E-state index contributed by atoms with van der Waals surface area (Å²) in [6, 6.07) is 13.9. The second-order valence-corrected chi connectivity index (χ2v) is 6.91. The van der Waals surface area contributed by atoms with Crippen LogP contribution in [-0.4, -0.2) is 52.3 Å². The summed E-state index contributed by atoms with van der Waals surface area (Å²) in [7, 11) is 0. The fourth-order valence-corrected chi connectivity index (χ4v) is 3.73. The second kappa shape index (κ2) is 7.75. The highest BCUT2D eigenvalue weighted by molar-refractivity contribution is 5.79. The van der Waals surface area contributed by atoms with Gasteiger partial charge in [0.05, 0.1) is 43.6 Å². The molecule has 1 atom stereocenters. The van der Waals surface area contributed by atoms with Gasteiger partial charge in [-0.15, -0.1) is 0 Å². The third kappa shape index (κ3) is 3.31. The van der Waals surface area contributed by atoms with Gasteiger partial charge in [0.25, 0.3) is 5.85 Å². The monoisotopic (exact) mass is 390 g/mol. The van der Waals surface area contributed by atoms with E-state index in [9.17, 15) is 0 Å². The van der Waals surface area contributed by atoms with Crippen molar-refractivity contribution in [3.05, 3.63) is 72.2 Å². The quantitative estimate of drug-likeness (QED) is 0.721. The Morgan fingerprint density at radius 3 is 2.72 bits per heavy atom. The molecule has 0 bridgehead atoms. The topological polar surface area (TPSA) is 76.8 Å². The molecule has 0 radical (unpaired) electrons. The summed E-state index contributed by atoms with van der Waals surface area (Å²) in [6.07, 6.45) is 7.10. The zero-order valence-electron chi connectivity index (χ0n) is 15.9. The molecule has 1 fully saturated rings. The van der Waals surface area contributed by atoms with Gasteiger partial charge < -0.3 is 14.8 Å². The molecule has 0 aliphatic carbocycles. The van der Waals surface area contributed by atoms with Crippen LogP contribution in [-0.2, 0) is 21.9 Å². The summed E-state index contributed by atoms with van der Waals surface area (Å²) in [5, 5.41) is 7.90. The molecule has 1 N–H and O–H groups in total. The summed E-state index contributed by atoms with van der Waals surface area (Å²) in [5.41, 5.74) is 2.85. The van der Waals surface area contributed by atoms with Gasteiger partial charge >= 0.3 is 0 Å². The molecule has 5 rings (SSSR count). The molecule has 8 nitrogen and oxygen atoms in total. The number of pyridine rings is 1. The Kier molecular flexibility index (Phi) is 4.81. The fourth-order valence-electron chi connectivity index (χ4n) is 3.73.